The van der Waals surface area contributed by atoms with Crippen LogP contribution in [0.1, 0.15) is 116 Å². The maximum atomic E-state index is 6.89. The van der Waals surface area contributed by atoms with Gasteiger partial charge in [0.2, 0.25) is 16.6 Å². The van der Waals surface area contributed by atoms with Gasteiger partial charge in [0.15, 0.2) is 0 Å². The van der Waals surface area contributed by atoms with E-state index in [9.17, 15) is 0 Å². The number of hydrogen-bond donors (Lipinski definition) is 0. The zero-order chi connectivity index (χ0) is 23.4. The summed E-state index contributed by atoms with van der Waals surface area (Å²) in [6, 6.07) is 2.47. The molecular weight excluding hydrogens is 388 g/mol. The molecule has 0 saturated heterocycles. The average Bonchev–Trinajstić information content (AvgIpc) is 2.48. The van der Waals surface area contributed by atoms with Gasteiger partial charge in [-0.2, -0.15) is 0 Å². The van der Waals surface area contributed by atoms with E-state index in [0.717, 1.165) is 26.1 Å². The summed E-state index contributed by atoms with van der Waals surface area (Å²) >= 11 is 0. The minimum atomic E-state index is -2.00. The van der Waals surface area contributed by atoms with Crippen molar-refractivity contribution in [3.8, 4) is 0 Å². The smallest absolute Gasteiger partial charge is 0.203 e. The van der Waals surface area contributed by atoms with Gasteiger partial charge in [-0.1, -0.05) is 103 Å². The second-order valence-corrected chi connectivity index (χ2v) is 24.1. The van der Waals surface area contributed by atoms with E-state index >= 15 is 0 Å². The van der Waals surface area contributed by atoms with Crippen molar-refractivity contribution >= 4 is 16.6 Å². The van der Waals surface area contributed by atoms with E-state index < -0.39 is 16.6 Å². The van der Waals surface area contributed by atoms with Crippen molar-refractivity contribution in [2.45, 2.75) is 148 Å². The van der Waals surface area contributed by atoms with Crippen LogP contribution < -0.4 is 0 Å². The van der Waals surface area contributed by atoms with Gasteiger partial charge in [-0.15, -0.1) is 0 Å². The first-order valence-corrected chi connectivity index (χ1v) is 16.3. The molecule has 0 aromatic heterocycles. The van der Waals surface area contributed by atoms with Crippen LogP contribution in [-0.2, 0) is 8.85 Å². The summed E-state index contributed by atoms with van der Waals surface area (Å²) < 4.78 is 13.8. The van der Waals surface area contributed by atoms with Crippen LogP contribution >= 0.6 is 0 Å². The predicted octanol–water partition coefficient (Wildman–Crippen LogP) is 9.32. The fourth-order valence-electron chi connectivity index (χ4n) is 5.90. The molecule has 0 aliphatic rings. The molecule has 0 rings (SSSR count). The number of hydrogen-bond acceptors (Lipinski definition) is 2. The molecule has 0 radical (unpaired) electrons. The highest BCUT2D eigenvalue weighted by atomic mass is 28.4. The van der Waals surface area contributed by atoms with E-state index in [4.69, 9.17) is 8.85 Å². The minimum absolute atomic E-state index is 0.221. The topological polar surface area (TPSA) is 18.5 Å². The standard InChI is InChI=1S/C25H56O2Si2/c1-15-18-26-28(22(3,4)5,23(6,7)8)20-17-21-29(24(9,10)11,25(12,13)14)27-19-16-2/h15-21H2,1-14H3. The summed E-state index contributed by atoms with van der Waals surface area (Å²) in [5.41, 5.74) is 0. The molecule has 0 aromatic carbocycles. The minimum Gasteiger partial charge on any atom is -0.416 e. The Balaban J connectivity index is 5.98. The quantitative estimate of drug-likeness (QED) is 0.312. The summed E-state index contributed by atoms with van der Waals surface area (Å²) in [6.07, 6.45) is 3.43. The predicted molar refractivity (Wildman–Crippen MR) is 137 cm³/mol. The first-order chi connectivity index (χ1) is 12.8. The van der Waals surface area contributed by atoms with Gasteiger partial charge in [0, 0.05) is 13.2 Å². The van der Waals surface area contributed by atoms with Crippen molar-refractivity contribution in [1.82, 2.24) is 0 Å². The van der Waals surface area contributed by atoms with E-state index in [1.165, 1.54) is 18.5 Å². The van der Waals surface area contributed by atoms with Gasteiger partial charge in [0.05, 0.1) is 0 Å². The lowest BCUT2D eigenvalue weighted by atomic mass is 10.2. The third-order valence-corrected chi connectivity index (χ3v) is 20.2. The molecule has 0 amide bonds. The average molecular weight is 445 g/mol. The third kappa shape index (κ3) is 6.67. The highest BCUT2D eigenvalue weighted by molar-refractivity contribution is 6.81. The summed E-state index contributed by atoms with van der Waals surface area (Å²) in [6.45, 7) is 35.3. The Hall–Kier alpha value is 0.354. The lowest BCUT2D eigenvalue weighted by Gasteiger charge is -2.53. The first kappa shape index (κ1) is 29.4. The molecule has 0 atom stereocenters. The zero-order valence-corrected chi connectivity index (χ0v) is 24.8. The monoisotopic (exact) mass is 444 g/mol. The maximum absolute atomic E-state index is 6.89. The lowest BCUT2D eigenvalue weighted by Crippen LogP contribution is -2.57. The second-order valence-electron chi connectivity index (χ2n) is 13.2. The van der Waals surface area contributed by atoms with Crippen molar-refractivity contribution in [3.63, 3.8) is 0 Å². The maximum Gasteiger partial charge on any atom is 0.203 e. The lowest BCUT2D eigenvalue weighted by molar-refractivity contribution is 0.248. The Labute approximate surface area is 187 Å². The fourth-order valence-corrected chi connectivity index (χ4v) is 18.2. The molecule has 0 aliphatic carbocycles. The second kappa shape index (κ2) is 10.3. The molecule has 0 aliphatic heterocycles. The van der Waals surface area contributed by atoms with Gasteiger partial charge in [-0.25, -0.2) is 0 Å². The SMILES string of the molecule is CCCO[Si](CCC[Si](OCCC)(C(C)(C)C)C(C)(C)C)(C(C)(C)C)C(C)(C)C. The Morgan fingerprint density at radius 1 is 0.483 bits per heavy atom. The molecule has 0 unspecified atom stereocenters. The van der Waals surface area contributed by atoms with Crippen molar-refractivity contribution < 1.29 is 8.85 Å². The van der Waals surface area contributed by atoms with Crippen LogP contribution in [0.15, 0.2) is 0 Å². The van der Waals surface area contributed by atoms with Crippen LogP contribution in [-0.4, -0.2) is 29.8 Å². The molecule has 2 nitrogen and oxygen atoms in total. The molecule has 0 heterocycles. The summed E-state index contributed by atoms with van der Waals surface area (Å²) in [7, 11) is -4.00. The first-order valence-electron chi connectivity index (χ1n) is 12.1. The molecule has 0 spiro atoms. The van der Waals surface area contributed by atoms with Crippen LogP contribution in [0.4, 0.5) is 0 Å². The van der Waals surface area contributed by atoms with Crippen molar-refractivity contribution in [3.05, 3.63) is 0 Å². The van der Waals surface area contributed by atoms with Gasteiger partial charge in [-0.05, 0) is 45.1 Å². The van der Waals surface area contributed by atoms with Crippen molar-refractivity contribution in [2.24, 2.45) is 0 Å². The van der Waals surface area contributed by atoms with Crippen LogP contribution in [0.5, 0.6) is 0 Å². The summed E-state index contributed by atoms with van der Waals surface area (Å²) in [5, 5.41) is 0.882. The van der Waals surface area contributed by atoms with Crippen LogP contribution in [0.25, 0.3) is 0 Å². The highest BCUT2D eigenvalue weighted by Crippen LogP contribution is 2.58. The zero-order valence-electron chi connectivity index (χ0n) is 22.8. The Morgan fingerprint density at radius 3 is 0.897 bits per heavy atom. The summed E-state index contributed by atoms with van der Waals surface area (Å²) in [4.78, 5) is 0. The third-order valence-electron chi connectivity index (χ3n) is 7.01. The highest BCUT2D eigenvalue weighted by Gasteiger charge is 2.57. The molecule has 176 valence electrons. The van der Waals surface area contributed by atoms with Gasteiger partial charge in [0.1, 0.15) is 0 Å². The van der Waals surface area contributed by atoms with Crippen LogP contribution in [0.2, 0.25) is 32.2 Å². The molecule has 0 aromatic rings. The molecular formula is C25H56O2Si2. The van der Waals surface area contributed by atoms with E-state index in [1.807, 2.05) is 0 Å². The van der Waals surface area contributed by atoms with Gasteiger partial charge < -0.3 is 8.85 Å². The van der Waals surface area contributed by atoms with Crippen LogP contribution in [0.3, 0.4) is 0 Å². The Bertz CT molecular complexity index is 401. The molecule has 0 fully saturated rings. The van der Waals surface area contributed by atoms with E-state index in [0.29, 0.717) is 0 Å². The van der Waals surface area contributed by atoms with Gasteiger partial charge in [-0.3, -0.25) is 0 Å². The molecule has 0 saturated carbocycles. The molecule has 29 heavy (non-hydrogen) atoms. The van der Waals surface area contributed by atoms with Gasteiger partial charge in [0.25, 0.3) is 0 Å². The van der Waals surface area contributed by atoms with E-state index in [1.54, 1.807) is 0 Å². The van der Waals surface area contributed by atoms with E-state index in [2.05, 4.69) is 96.9 Å². The Morgan fingerprint density at radius 2 is 0.724 bits per heavy atom. The fraction of sp³-hybridized carbons (Fsp3) is 1.00. The largest absolute Gasteiger partial charge is 0.416 e. The molecule has 4 heteroatoms. The summed E-state index contributed by atoms with van der Waals surface area (Å²) in [5.74, 6) is 0. The van der Waals surface area contributed by atoms with Crippen molar-refractivity contribution in [2.75, 3.05) is 13.2 Å². The number of rotatable bonds is 10. The molecule has 0 N–H and O–H groups in total. The van der Waals surface area contributed by atoms with Gasteiger partial charge >= 0.3 is 0 Å². The van der Waals surface area contributed by atoms with E-state index in [-0.39, 0.29) is 20.2 Å². The van der Waals surface area contributed by atoms with Crippen molar-refractivity contribution in [1.29, 1.82) is 0 Å². The van der Waals surface area contributed by atoms with Crippen LogP contribution in [0, 0.1) is 0 Å². The molecule has 0 bridgehead atoms. The normalized spacial score (nSPS) is 15.1. The Kier molecular flexibility index (Phi) is 10.4.